The van der Waals surface area contributed by atoms with Gasteiger partial charge in [-0.2, -0.15) is 13.2 Å². The highest BCUT2D eigenvalue weighted by Gasteiger charge is 2.45. The zero-order valence-electron chi connectivity index (χ0n) is 12.5. The molecule has 6 heteroatoms. The Labute approximate surface area is 142 Å². The molecule has 24 heavy (non-hydrogen) atoms. The van der Waals surface area contributed by atoms with Gasteiger partial charge in [0.05, 0.1) is 28.0 Å². The van der Waals surface area contributed by atoms with Gasteiger partial charge in [-0.05, 0) is 42.2 Å². The minimum Gasteiger partial charge on any atom is -0.375 e. The summed E-state index contributed by atoms with van der Waals surface area (Å²) in [6, 6.07) is 7.81. The summed E-state index contributed by atoms with van der Waals surface area (Å²) in [5, 5.41) is 3.53. The summed E-state index contributed by atoms with van der Waals surface area (Å²) in [5.41, 5.74) is 0.821. The zero-order chi connectivity index (χ0) is 16.9. The number of nitrogens with one attached hydrogen (secondary N) is 1. The molecular weight excluding hydrogens is 337 g/mol. The van der Waals surface area contributed by atoms with E-state index in [1.165, 1.54) is 6.07 Å². The summed E-state index contributed by atoms with van der Waals surface area (Å²) in [6.45, 7) is 0. The third-order valence-corrected chi connectivity index (χ3v) is 5.10. The van der Waals surface area contributed by atoms with Crippen LogP contribution < -0.4 is 5.32 Å². The second-order valence-corrected chi connectivity index (χ2v) is 6.52. The molecule has 0 amide bonds. The molecule has 4 rings (SSSR count). The van der Waals surface area contributed by atoms with E-state index >= 15 is 0 Å². The van der Waals surface area contributed by atoms with Crippen molar-refractivity contribution in [3.05, 3.63) is 70.5 Å². The van der Waals surface area contributed by atoms with E-state index in [-0.39, 0.29) is 23.4 Å². The number of nitrogens with zero attached hydrogens (tertiary/aromatic N) is 1. The van der Waals surface area contributed by atoms with Crippen LogP contribution in [0.15, 0.2) is 48.7 Å². The molecule has 0 spiro atoms. The lowest BCUT2D eigenvalue weighted by Gasteiger charge is -2.38. The summed E-state index contributed by atoms with van der Waals surface area (Å²) in [7, 11) is 0. The molecule has 124 valence electrons. The van der Waals surface area contributed by atoms with Crippen molar-refractivity contribution < 1.29 is 13.2 Å². The third kappa shape index (κ3) is 2.38. The van der Waals surface area contributed by atoms with Crippen molar-refractivity contribution >= 4 is 17.3 Å². The van der Waals surface area contributed by atoms with Gasteiger partial charge in [-0.25, -0.2) is 0 Å². The van der Waals surface area contributed by atoms with E-state index in [1.54, 1.807) is 6.20 Å². The molecule has 0 saturated heterocycles. The van der Waals surface area contributed by atoms with Crippen molar-refractivity contribution in [2.24, 2.45) is 5.92 Å². The Balaban J connectivity index is 1.89. The smallest absolute Gasteiger partial charge is 0.375 e. The van der Waals surface area contributed by atoms with Crippen LogP contribution in [0.25, 0.3) is 0 Å². The molecule has 2 heterocycles. The summed E-state index contributed by atoms with van der Waals surface area (Å²) < 4.78 is 40.4. The first-order valence-electron chi connectivity index (χ1n) is 7.70. The number of alkyl halides is 3. The Morgan fingerprint density at radius 3 is 2.71 bits per heavy atom. The predicted molar refractivity (Wildman–Crippen MR) is 87.0 cm³/mol. The standard InChI is InChI=1S/C18H14ClF3N2/c19-13-8-7-12(18(20,21)22)15-10-4-3-5-11(10)16(24-17(13)15)14-6-1-2-9-23-14/h1-4,6-11,16,24H,5H2/t10-,11-,16-/m1/s1. The lowest BCUT2D eigenvalue weighted by Crippen LogP contribution is -2.31. The number of allylic oxidation sites excluding steroid dienone is 2. The van der Waals surface area contributed by atoms with Gasteiger partial charge in [-0.1, -0.05) is 29.8 Å². The molecular formula is C18H14ClF3N2. The first-order chi connectivity index (χ1) is 11.5. The number of hydrogen-bond donors (Lipinski definition) is 1. The summed E-state index contributed by atoms with van der Waals surface area (Å²) in [4.78, 5) is 4.38. The monoisotopic (exact) mass is 350 g/mol. The Morgan fingerprint density at radius 2 is 2.00 bits per heavy atom. The van der Waals surface area contributed by atoms with E-state index in [0.29, 0.717) is 17.1 Å². The van der Waals surface area contributed by atoms with Crippen LogP contribution >= 0.6 is 11.6 Å². The Hall–Kier alpha value is -2.01. The van der Waals surface area contributed by atoms with Gasteiger partial charge in [0.25, 0.3) is 0 Å². The predicted octanol–water partition coefficient (Wildman–Crippen LogP) is 5.58. The molecule has 0 saturated carbocycles. The molecule has 1 aliphatic heterocycles. The Kier molecular flexibility index (Phi) is 3.57. The van der Waals surface area contributed by atoms with Crippen molar-refractivity contribution in [3.63, 3.8) is 0 Å². The molecule has 1 N–H and O–H groups in total. The Morgan fingerprint density at radius 1 is 1.17 bits per heavy atom. The molecule has 0 fully saturated rings. The number of halogens is 4. The number of pyridine rings is 1. The SMILES string of the molecule is FC(F)(F)c1ccc(Cl)c2c1[C@@H]1C=CC[C@H]1[C@H](c1ccccn1)N2. The lowest BCUT2D eigenvalue weighted by atomic mass is 9.76. The van der Waals surface area contributed by atoms with Crippen LogP contribution in [-0.4, -0.2) is 4.98 Å². The highest BCUT2D eigenvalue weighted by Crippen LogP contribution is 2.54. The molecule has 2 nitrogen and oxygen atoms in total. The van der Waals surface area contributed by atoms with Crippen LogP contribution in [0.1, 0.15) is 35.2 Å². The van der Waals surface area contributed by atoms with E-state index in [0.717, 1.165) is 11.8 Å². The maximum Gasteiger partial charge on any atom is 0.416 e. The fraction of sp³-hybridized carbons (Fsp3) is 0.278. The number of anilines is 1. The number of benzene rings is 1. The van der Waals surface area contributed by atoms with Crippen molar-refractivity contribution in [3.8, 4) is 0 Å². The fourth-order valence-electron chi connectivity index (χ4n) is 3.77. The molecule has 0 radical (unpaired) electrons. The summed E-state index contributed by atoms with van der Waals surface area (Å²) >= 11 is 6.23. The molecule has 0 unspecified atom stereocenters. The molecule has 2 aliphatic rings. The number of fused-ring (bicyclic) bond motifs is 3. The lowest BCUT2D eigenvalue weighted by molar-refractivity contribution is -0.138. The fourth-order valence-corrected chi connectivity index (χ4v) is 3.99. The highest BCUT2D eigenvalue weighted by atomic mass is 35.5. The second-order valence-electron chi connectivity index (χ2n) is 6.11. The van der Waals surface area contributed by atoms with Gasteiger partial charge in [0.2, 0.25) is 0 Å². The number of aromatic nitrogens is 1. The van der Waals surface area contributed by atoms with E-state index in [4.69, 9.17) is 11.6 Å². The summed E-state index contributed by atoms with van der Waals surface area (Å²) in [5.74, 6) is -0.324. The van der Waals surface area contributed by atoms with E-state index < -0.39 is 11.7 Å². The molecule has 1 aliphatic carbocycles. The molecule has 2 aromatic rings. The van der Waals surface area contributed by atoms with Crippen LogP contribution in [-0.2, 0) is 6.18 Å². The normalized spacial score (nSPS) is 25.1. The van der Waals surface area contributed by atoms with Crippen LogP contribution in [0, 0.1) is 5.92 Å². The molecule has 1 aromatic carbocycles. The van der Waals surface area contributed by atoms with Crippen molar-refractivity contribution in [1.29, 1.82) is 0 Å². The number of rotatable bonds is 1. The minimum absolute atomic E-state index is 0.00744. The topological polar surface area (TPSA) is 24.9 Å². The van der Waals surface area contributed by atoms with Gasteiger partial charge in [0, 0.05) is 12.1 Å². The van der Waals surface area contributed by atoms with E-state index in [2.05, 4.69) is 10.3 Å². The molecule has 1 aromatic heterocycles. The van der Waals surface area contributed by atoms with Gasteiger partial charge >= 0.3 is 6.18 Å². The van der Waals surface area contributed by atoms with Gasteiger partial charge < -0.3 is 5.32 Å². The van der Waals surface area contributed by atoms with Gasteiger partial charge in [-0.3, -0.25) is 4.98 Å². The van der Waals surface area contributed by atoms with Crippen LogP contribution in [0.3, 0.4) is 0 Å². The largest absolute Gasteiger partial charge is 0.416 e. The van der Waals surface area contributed by atoms with Gasteiger partial charge in [-0.15, -0.1) is 0 Å². The van der Waals surface area contributed by atoms with Crippen LogP contribution in [0.5, 0.6) is 0 Å². The van der Waals surface area contributed by atoms with E-state index in [1.807, 2.05) is 30.4 Å². The van der Waals surface area contributed by atoms with E-state index in [9.17, 15) is 13.2 Å². The molecule has 3 atom stereocenters. The Bertz CT molecular complexity index is 802. The molecule has 0 bridgehead atoms. The minimum atomic E-state index is -4.41. The summed E-state index contributed by atoms with van der Waals surface area (Å²) in [6.07, 6.45) is 1.81. The maximum absolute atomic E-state index is 13.5. The third-order valence-electron chi connectivity index (χ3n) is 4.78. The van der Waals surface area contributed by atoms with Crippen molar-refractivity contribution in [2.45, 2.75) is 24.6 Å². The average molecular weight is 351 g/mol. The zero-order valence-corrected chi connectivity index (χ0v) is 13.3. The van der Waals surface area contributed by atoms with Crippen LogP contribution in [0.4, 0.5) is 18.9 Å². The van der Waals surface area contributed by atoms with Gasteiger partial charge in [0.1, 0.15) is 0 Å². The highest BCUT2D eigenvalue weighted by molar-refractivity contribution is 6.33. The van der Waals surface area contributed by atoms with Crippen molar-refractivity contribution in [1.82, 2.24) is 4.98 Å². The average Bonchev–Trinajstić information content (AvgIpc) is 3.04. The first-order valence-corrected chi connectivity index (χ1v) is 8.08. The second kappa shape index (κ2) is 5.52. The van der Waals surface area contributed by atoms with Gasteiger partial charge in [0.15, 0.2) is 0 Å². The first kappa shape index (κ1) is 15.5. The quantitative estimate of drug-likeness (QED) is 0.679. The van der Waals surface area contributed by atoms with Crippen molar-refractivity contribution in [2.75, 3.05) is 5.32 Å². The van der Waals surface area contributed by atoms with Crippen LogP contribution in [0.2, 0.25) is 5.02 Å². The number of hydrogen-bond acceptors (Lipinski definition) is 2. The maximum atomic E-state index is 13.5.